The number of benzene rings is 1. The average Bonchev–Trinajstić information content (AvgIpc) is 3.17. The number of unbranched alkanes of at least 4 members (excludes halogenated alkanes) is 18. The fraction of sp³-hybridized carbons (Fsp3) is 0.705. The molecule has 0 saturated carbocycles. The highest BCUT2D eigenvalue weighted by Crippen LogP contribution is 2.30. The molecule has 0 aliphatic heterocycles. The van der Waals surface area contributed by atoms with E-state index in [2.05, 4.69) is 18.6 Å². The first-order valence-electron chi connectivity index (χ1n) is 21.1. The van der Waals surface area contributed by atoms with Crippen molar-refractivity contribution in [2.75, 3.05) is 26.4 Å². The monoisotopic (exact) mass is 806 g/mol. The molecule has 2 N–H and O–H groups in total. The van der Waals surface area contributed by atoms with E-state index < -0.39 is 61.4 Å². The number of aliphatic hydroxyl groups is 1. The lowest BCUT2D eigenvalue weighted by Crippen LogP contribution is -2.46. The Bertz CT molecular complexity index is 1310. The summed E-state index contributed by atoms with van der Waals surface area (Å²) in [7, 11) is 0. The van der Waals surface area contributed by atoms with Gasteiger partial charge in [0, 0.05) is 19.9 Å². The van der Waals surface area contributed by atoms with Crippen molar-refractivity contribution < 1.29 is 62.6 Å². The van der Waals surface area contributed by atoms with E-state index in [1.54, 1.807) is 12.1 Å². The number of carboxylic acids is 1. The first-order chi connectivity index (χ1) is 27.5. The summed E-state index contributed by atoms with van der Waals surface area (Å²) in [5.74, 6) is -4.75. The minimum absolute atomic E-state index is 0.547. The molecule has 0 aromatic heterocycles. The lowest BCUT2D eigenvalue weighted by molar-refractivity contribution is -0.189. The Morgan fingerprint density at radius 1 is 0.596 bits per heavy atom. The molecule has 0 saturated heterocycles. The van der Waals surface area contributed by atoms with Crippen molar-refractivity contribution in [3.05, 3.63) is 29.8 Å². The van der Waals surface area contributed by atoms with Crippen LogP contribution in [0.25, 0.3) is 6.08 Å². The number of aliphatic hydroxyl groups excluding tert-OH is 1. The molecule has 1 rings (SSSR count). The molecule has 13 nitrogen and oxygen atoms in total. The summed E-state index contributed by atoms with van der Waals surface area (Å²) in [6.07, 6.45) is 21.5. The number of esters is 4. The average molecular weight is 807 g/mol. The standard InChI is InChI=1S/C44H70O13/c1-5-7-9-11-13-15-17-19-21-23-29-52-38-27-25-36(31-39(38)53-30-24-22-20-18-16-14-12-10-8-6-2)26-28-40(48)54-32-37(47)33-55-44(51)42(57-35(4)46)41(43(49)50)56-34(3)45/h25-28,31,37,41-42,47H,5-24,29-30,32-33H2,1-4H3,(H,49,50). The van der Waals surface area contributed by atoms with Gasteiger partial charge in [0.15, 0.2) is 11.5 Å². The second kappa shape index (κ2) is 32.9. The third-order valence-electron chi connectivity index (χ3n) is 9.06. The summed E-state index contributed by atoms with van der Waals surface area (Å²) in [5, 5.41) is 19.6. The SMILES string of the molecule is CCCCCCCCCCCCOc1ccc(C=CC(=O)OCC(O)COC(=O)C(OC(C)=O)C(OC(C)=O)C(=O)O)cc1OCCCCCCCCCCCC. The molecule has 0 amide bonds. The number of hydrogen-bond acceptors (Lipinski definition) is 12. The minimum atomic E-state index is -2.17. The summed E-state index contributed by atoms with van der Waals surface area (Å²) in [6.45, 7) is 6.13. The van der Waals surface area contributed by atoms with E-state index >= 15 is 0 Å². The summed E-state index contributed by atoms with van der Waals surface area (Å²) in [5.41, 5.74) is 0.670. The van der Waals surface area contributed by atoms with Gasteiger partial charge in [0.25, 0.3) is 0 Å². The van der Waals surface area contributed by atoms with Crippen LogP contribution < -0.4 is 9.47 Å². The minimum Gasteiger partial charge on any atom is -0.490 e. The van der Waals surface area contributed by atoms with E-state index in [1.807, 2.05) is 12.1 Å². The van der Waals surface area contributed by atoms with Crippen molar-refractivity contribution in [1.82, 2.24) is 0 Å². The zero-order valence-corrected chi connectivity index (χ0v) is 35.0. The Morgan fingerprint density at radius 3 is 1.51 bits per heavy atom. The fourth-order valence-electron chi connectivity index (χ4n) is 5.94. The lowest BCUT2D eigenvalue weighted by atomic mass is 10.1. The molecule has 0 radical (unpaired) electrons. The van der Waals surface area contributed by atoms with Gasteiger partial charge < -0.3 is 38.6 Å². The van der Waals surface area contributed by atoms with Crippen molar-refractivity contribution in [3.8, 4) is 11.5 Å². The largest absolute Gasteiger partial charge is 0.490 e. The molecule has 324 valence electrons. The zero-order valence-electron chi connectivity index (χ0n) is 35.0. The Balaban J connectivity index is 2.69. The molecule has 0 heterocycles. The summed E-state index contributed by atoms with van der Waals surface area (Å²) < 4.78 is 31.5. The summed E-state index contributed by atoms with van der Waals surface area (Å²) in [6, 6.07) is 5.44. The molecule has 1 aromatic rings. The molecule has 0 aliphatic rings. The zero-order chi connectivity index (χ0) is 42.1. The molecular weight excluding hydrogens is 736 g/mol. The summed E-state index contributed by atoms with van der Waals surface area (Å²) in [4.78, 5) is 59.2. The van der Waals surface area contributed by atoms with Gasteiger partial charge in [-0.2, -0.15) is 0 Å². The van der Waals surface area contributed by atoms with Crippen LogP contribution in [0.5, 0.6) is 11.5 Å². The molecule has 0 spiro atoms. The maximum absolute atomic E-state index is 12.5. The molecule has 1 aromatic carbocycles. The van der Waals surface area contributed by atoms with Crippen LogP contribution in [0.15, 0.2) is 24.3 Å². The smallest absolute Gasteiger partial charge is 0.352 e. The van der Waals surface area contributed by atoms with Gasteiger partial charge in [-0.15, -0.1) is 0 Å². The lowest BCUT2D eigenvalue weighted by Gasteiger charge is -2.22. The highest BCUT2D eigenvalue weighted by Gasteiger charge is 2.41. The molecule has 13 heteroatoms. The quantitative estimate of drug-likeness (QED) is 0.0288. The van der Waals surface area contributed by atoms with Crippen molar-refractivity contribution in [3.63, 3.8) is 0 Å². The maximum Gasteiger partial charge on any atom is 0.352 e. The number of ether oxygens (including phenoxy) is 6. The third kappa shape index (κ3) is 26.4. The van der Waals surface area contributed by atoms with Crippen LogP contribution in [0, 0.1) is 0 Å². The Labute approximate surface area is 340 Å². The second-order valence-electron chi connectivity index (χ2n) is 14.4. The number of carboxylic acid groups (broad SMARTS) is 1. The van der Waals surface area contributed by atoms with Crippen LogP contribution in [0.3, 0.4) is 0 Å². The van der Waals surface area contributed by atoms with E-state index in [4.69, 9.17) is 23.7 Å². The van der Waals surface area contributed by atoms with Gasteiger partial charge in [-0.1, -0.05) is 135 Å². The van der Waals surface area contributed by atoms with Crippen molar-refractivity contribution >= 4 is 35.9 Å². The van der Waals surface area contributed by atoms with Gasteiger partial charge in [-0.25, -0.2) is 14.4 Å². The maximum atomic E-state index is 12.5. The first-order valence-corrected chi connectivity index (χ1v) is 21.1. The molecule has 3 unspecified atom stereocenters. The van der Waals surface area contributed by atoms with Crippen molar-refractivity contribution in [2.24, 2.45) is 0 Å². The van der Waals surface area contributed by atoms with Crippen LogP contribution in [-0.4, -0.2) is 84.8 Å². The predicted molar refractivity (Wildman–Crippen MR) is 217 cm³/mol. The highest BCUT2D eigenvalue weighted by molar-refractivity contribution is 5.88. The number of aliphatic carboxylic acids is 1. The normalized spacial score (nSPS) is 12.7. The van der Waals surface area contributed by atoms with Gasteiger partial charge >= 0.3 is 29.8 Å². The molecular formula is C44H70O13. The summed E-state index contributed by atoms with van der Waals surface area (Å²) >= 11 is 0. The second-order valence-corrected chi connectivity index (χ2v) is 14.4. The Kier molecular flexibility index (Phi) is 29.4. The molecule has 0 bridgehead atoms. The Morgan fingerprint density at radius 2 is 1.04 bits per heavy atom. The number of rotatable bonds is 35. The van der Waals surface area contributed by atoms with Crippen molar-refractivity contribution in [1.29, 1.82) is 0 Å². The molecule has 0 aliphatic carbocycles. The van der Waals surface area contributed by atoms with E-state index in [-0.39, 0.29) is 0 Å². The van der Waals surface area contributed by atoms with Crippen LogP contribution in [0.2, 0.25) is 0 Å². The Hall–Kier alpha value is -4.13. The molecule has 57 heavy (non-hydrogen) atoms. The highest BCUT2D eigenvalue weighted by atomic mass is 16.6. The molecule has 3 atom stereocenters. The topological polar surface area (TPSA) is 181 Å². The fourth-order valence-corrected chi connectivity index (χ4v) is 5.94. The first kappa shape index (κ1) is 50.9. The number of hydrogen-bond donors (Lipinski definition) is 2. The third-order valence-corrected chi connectivity index (χ3v) is 9.06. The van der Waals surface area contributed by atoms with Crippen LogP contribution >= 0.6 is 0 Å². The van der Waals surface area contributed by atoms with Gasteiger partial charge in [0.2, 0.25) is 12.2 Å². The predicted octanol–water partition coefficient (Wildman–Crippen LogP) is 8.69. The van der Waals surface area contributed by atoms with Gasteiger partial charge in [-0.05, 0) is 36.6 Å². The number of carbonyl (C=O) groups is 5. The van der Waals surface area contributed by atoms with Gasteiger partial charge in [0.05, 0.1) is 13.2 Å². The van der Waals surface area contributed by atoms with Crippen LogP contribution in [-0.2, 0) is 42.9 Å². The number of carbonyl (C=O) groups excluding carboxylic acids is 4. The van der Waals surface area contributed by atoms with Gasteiger partial charge in [-0.3, -0.25) is 9.59 Å². The van der Waals surface area contributed by atoms with Crippen LogP contribution in [0.4, 0.5) is 0 Å². The van der Waals surface area contributed by atoms with E-state index in [0.717, 1.165) is 39.5 Å². The van der Waals surface area contributed by atoms with E-state index in [0.29, 0.717) is 30.3 Å². The van der Waals surface area contributed by atoms with E-state index in [9.17, 15) is 34.2 Å². The van der Waals surface area contributed by atoms with Gasteiger partial charge in [0.1, 0.15) is 19.3 Å². The van der Waals surface area contributed by atoms with Crippen molar-refractivity contribution in [2.45, 2.75) is 174 Å². The van der Waals surface area contributed by atoms with E-state index in [1.165, 1.54) is 109 Å². The molecule has 0 fully saturated rings. The van der Waals surface area contributed by atoms with Crippen LogP contribution in [0.1, 0.15) is 162 Å².